The number of hydrogen-bond donors (Lipinski definition) is 1. The van der Waals surface area contributed by atoms with Crippen molar-refractivity contribution >= 4 is 17.3 Å². The molecular weight excluding hydrogens is 284 g/mol. The lowest BCUT2D eigenvalue weighted by molar-refractivity contribution is 0.0699. The number of benzene rings is 1. The van der Waals surface area contributed by atoms with Crippen LogP contribution in [0.4, 0.5) is 0 Å². The molecule has 1 aromatic heterocycles. The van der Waals surface area contributed by atoms with E-state index in [0.717, 1.165) is 11.3 Å². The van der Waals surface area contributed by atoms with Gasteiger partial charge in [-0.05, 0) is 35.4 Å². The maximum Gasteiger partial charge on any atom is 0.346 e. The number of thiophene rings is 1. The molecule has 1 heterocycles. The van der Waals surface area contributed by atoms with Gasteiger partial charge in [-0.1, -0.05) is 38.5 Å². The normalized spacial score (nSPS) is 11.4. The molecule has 21 heavy (non-hydrogen) atoms. The van der Waals surface area contributed by atoms with Crippen LogP contribution in [0.2, 0.25) is 0 Å². The quantitative estimate of drug-likeness (QED) is 0.895. The van der Waals surface area contributed by atoms with Crippen molar-refractivity contribution in [3.8, 4) is 5.75 Å². The Labute approximate surface area is 129 Å². The first-order chi connectivity index (χ1) is 9.79. The SMILES string of the molecule is Cc1ccc(OCc2ccsc2C(=O)O)c(C(C)(C)C)c1. The predicted octanol–water partition coefficient (Wildman–Crippen LogP) is 4.63. The molecule has 0 spiro atoms. The van der Waals surface area contributed by atoms with Crippen LogP contribution in [-0.4, -0.2) is 11.1 Å². The van der Waals surface area contributed by atoms with Crippen LogP contribution in [0.25, 0.3) is 0 Å². The molecule has 0 bridgehead atoms. The highest BCUT2D eigenvalue weighted by Crippen LogP contribution is 2.33. The van der Waals surface area contributed by atoms with Crippen LogP contribution in [0.1, 0.15) is 47.1 Å². The zero-order valence-corrected chi connectivity index (χ0v) is 13.6. The van der Waals surface area contributed by atoms with Gasteiger partial charge in [0, 0.05) is 5.56 Å². The van der Waals surface area contributed by atoms with Crippen molar-refractivity contribution in [1.29, 1.82) is 0 Å². The molecule has 1 aromatic carbocycles. The summed E-state index contributed by atoms with van der Waals surface area (Å²) in [5, 5.41) is 10.9. The third kappa shape index (κ3) is 3.64. The lowest BCUT2D eigenvalue weighted by Gasteiger charge is -2.23. The van der Waals surface area contributed by atoms with Crippen molar-refractivity contribution in [3.63, 3.8) is 0 Å². The van der Waals surface area contributed by atoms with E-state index in [-0.39, 0.29) is 12.0 Å². The van der Waals surface area contributed by atoms with Gasteiger partial charge in [0.15, 0.2) is 0 Å². The second kappa shape index (κ2) is 5.90. The highest BCUT2D eigenvalue weighted by atomic mass is 32.1. The van der Waals surface area contributed by atoms with E-state index in [1.54, 1.807) is 11.4 Å². The fourth-order valence-corrected chi connectivity index (χ4v) is 2.90. The number of hydrogen-bond acceptors (Lipinski definition) is 3. The van der Waals surface area contributed by atoms with Crippen LogP contribution in [0, 0.1) is 6.92 Å². The Morgan fingerprint density at radius 2 is 2.00 bits per heavy atom. The van der Waals surface area contributed by atoms with Crippen LogP contribution >= 0.6 is 11.3 Å². The molecule has 3 nitrogen and oxygen atoms in total. The zero-order chi connectivity index (χ0) is 15.6. The summed E-state index contributed by atoms with van der Waals surface area (Å²) in [4.78, 5) is 11.5. The van der Waals surface area contributed by atoms with E-state index in [1.807, 2.05) is 12.1 Å². The highest BCUT2D eigenvalue weighted by molar-refractivity contribution is 7.12. The summed E-state index contributed by atoms with van der Waals surface area (Å²) in [6, 6.07) is 7.90. The molecular formula is C17H20O3S. The molecule has 0 aliphatic carbocycles. The lowest BCUT2D eigenvalue weighted by Crippen LogP contribution is -2.14. The molecule has 2 rings (SSSR count). The predicted molar refractivity (Wildman–Crippen MR) is 85.5 cm³/mol. The van der Waals surface area contributed by atoms with Crippen LogP contribution in [-0.2, 0) is 12.0 Å². The molecule has 0 atom stereocenters. The number of carbonyl (C=O) groups is 1. The van der Waals surface area contributed by atoms with Gasteiger partial charge >= 0.3 is 5.97 Å². The van der Waals surface area contributed by atoms with Crippen molar-refractivity contribution in [2.75, 3.05) is 0 Å². The number of carboxylic acids is 1. The Morgan fingerprint density at radius 1 is 1.29 bits per heavy atom. The van der Waals surface area contributed by atoms with Gasteiger partial charge in [-0.25, -0.2) is 4.79 Å². The van der Waals surface area contributed by atoms with Crippen molar-refractivity contribution in [2.24, 2.45) is 0 Å². The van der Waals surface area contributed by atoms with Crippen molar-refractivity contribution in [3.05, 3.63) is 51.2 Å². The number of rotatable bonds is 4. The molecule has 0 radical (unpaired) electrons. The zero-order valence-electron chi connectivity index (χ0n) is 12.8. The lowest BCUT2D eigenvalue weighted by atomic mass is 9.85. The number of aryl methyl sites for hydroxylation is 1. The molecule has 0 aliphatic heterocycles. The van der Waals surface area contributed by atoms with Crippen LogP contribution < -0.4 is 4.74 Å². The molecule has 0 unspecified atom stereocenters. The van der Waals surface area contributed by atoms with Crippen molar-refractivity contribution in [2.45, 2.75) is 39.7 Å². The van der Waals surface area contributed by atoms with E-state index in [2.05, 4.69) is 33.8 Å². The average molecular weight is 304 g/mol. The minimum absolute atomic E-state index is 0.0222. The minimum atomic E-state index is -0.899. The summed E-state index contributed by atoms with van der Waals surface area (Å²) < 4.78 is 5.90. The molecule has 112 valence electrons. The first-order valence-corrected chi connectivity index (χ1v) is 7.70. The smallest absolute Gasteiger partial charge is 0.346 e. The molecule has 0 aliphatic rings. The fourth-order valence-electron chi connectivity index (χ4n) is 2.15. The van der Waals surface area contributed by atoms with Crippen LogP contribution in [0.5, 0.6) is 5.75 Å². The summed E-state index contributed by atoms with van der Waals surface area (Å²) in [5.41, 5.74) is 3.02. The second-order valence-corrected chi connectivity index (χ2v) is 7.03. The standard InChI is InChI=1S/C17H20O3S/c1-11-5-6-14(13(9-11)17(2,3)4)20-10-12-7-8-21-15(12)16(18)19/h5-9H,10H2,1-4H3,(H,18,19). The van der Waals surface area contributed by atoms with Gasteiger partial charge in [-0.3, -0.25) is 0 Å². The molecule has 0 saturated carbocycles. The van der Waals surface area contributed by atoms with Gasteiger partial charge in [0.25, 0.3) is 0 Å². The Morgan fingerprint density at radius 3 is 2.62 bits per heavy atom. The highest BCUT2D eigenvalue weighted by Gasteiger charge is 2.20. The van der Waals surface area contributed by atoms with Gasteiger partial charge in [-0.15, -0.1) is 11.3 Å². The Bertz CT molecular complexity index is 650. The maximum absolute atomic E-state index is 11.1. The summed E-state index contributed by atoms with van der Waals surface area (Å²) in [6.45, 7) is 8.75. The first kappa shape index (κ1) is 15.6. The molecule has 0 amide bonds. The second-order valence-electron chi connectivity index (χ2n) is 6.12. The van der Waals surface area contributed by atoms with Gasteiger partial charge in [0.05, 0.1) is 0 Å². The minimum Gasteiger partial charge on any atom is -0.489 e. The van der Waals surface area contributed by atoms with E-state index in [1.165, 1.54) is 16.9 Å². The summed E-state index contributed by atoms with van der Waals surface area (Å²) in [6.07, 6.45) is 0. The third-order valence-corrected chi connectivity index (χ3v) is 4.21. The summed E-state index contributed by atoms with van der Waals surface area (Å²) >= 11 is 1.23. The van der Waals surface area contributed by atoms with Crippen molar-refractivity contribution in [1.82, 2.24) is 0 Å². The van der Waals surface area contributed by atoms with E-state index in [4.69, 9.17) is 9.84 Å². The topological polar surface area (TPSA) is 46.5 Å². The molecule has 4 heteroatoms. The molecule has 0 fully saturated rings. The Kier molecular flexibility index (Phi) is 4.37. The number of carboxylic acid groups (broad SMARTS) is 1. The van der Waals surface area contributed by atoms with Gasteiger partial charge in [0.1, 0.15) is 17.2 Å². The van der Waals surface area contributed by atoms with E-state index in [0.29, 0.717) is 10.4 Å². The summed E-state index contributed by atoms with van der Waals surface area (Å²) in [7, 11) is 0. The largest absolute Gasteiger partial charge is 0.489 e. The summed E-state index contributed by atoms with van der Waals surface area (Å²) in [5.74, 6) is -0.0841. The number of aromatic carboxylic acids is 1. The van der Waals surface area contributed by atoms with Gasteiger partial charge in [0.2, 0.25) is 0 Å². The average Bonchev–Trinajstić information content (AvgIpc) is 2.84. The first-order valence-electron chi connectivity index (χ1n) is 6.82. The molecule has 2 aromatic rings. The maximum atomic E-state index is 11.1. The Hall–Kier alpha value is -1.81. The van der Waals surface area contributed by atoms with Crippen LogP contribution in [0.3, 0.4) is 0 Å². The van der Waals surface area contributed by atoms with E-state index < -0.39 is 5.97 Å². The van der Waals surface area contributed by atoms with Gasteiger partial charge < -0.3 is 9.84 Å². The monoisotopic (exact) mass is 304 g/mol. The molecule has 0 saturated heterocycles. The van der Waals surface area contributed by atoms with Gasteiger partial charge in [-0.2, -0.15) is 0 Å². The molecule has 1 N–H and O–H groups in total. The third-order valence-electron chi connectivity index (χ3n) is 3.27. The number of ether oxygens (including phenoxy) is 1. The van der Waals surface area contributed by atoms with Crippen LogP contribution in [0.15, 0.2) is 29.6 Å². The van der Waals surface area contributed by atoms with E-state index >= 15 is 0 Å². The Balaban J connectivity index is 2.24. The van der Waals surface area contributed by atoms with Crippen molar-refractivity contribution < 1.29 is 14.6 Å². The fraction of sp³-hybridized carbons (Fsp3) is 0.353. The van der Waals surface area contributed by atoms with E-state index in [9.17, 15) is 4.79 Å².